The molecular weight excluding hydrogens is 963 g/mol. The van der Waals surface area contributed by atoms with Crippen molar-refractivity contribution in [2.24, 2.45) is 0 Å². The van der Waals surface area contributed by atoms with E-state index in [1.807, 2.05) is 128 Å². The van der Waals surface area contributed by atoms with Gasteiger partial charge in [-0.2, -0.15) is 0 Å². The van der Waals surface area contributed by atoms with Crippen LogP contribution in [0.5, 0.6) is 0 Å². The summed E-state index contributed by atoms with van der Waals surface area (Å²) >= 11 is 0. The van der Waals surface area contributed by atoms with E-state index in [0.717, 1.165) is 35.1 Å². The van der Waals surface area contributed by atoms with Crippen molar-refractivity contribution < 1.29 is 74.8 Å². The van der Waals surface area contributed by atoms with Gasteiger partial charge in [0.05, 0.1) is 51.8 Å². The molecule has 0 aromatic heterocycles. The summed E-state index contributed by atoms with van der Waals surface area (Å²) in [4.78, 5) is 13.4. The van der Waals surface area contributed by atoms with E-state index >= 15 is 0 Å². The fourth-order valence-electron chi connectivity index (χ4n) is 7.27. The Labute approximate surface area is 487 Å². The molecule has 10 nitrogen and oxygen atoms in total. The molecule has 1 fully saturated rings. The summed E-state index contributed by atoms with van der Waals surface area (Å²) in [5.74, 6) is 54.7. The van der Waals surface area contributed by atoms with Gasteiger partial charge in [0.15, 0.2) is 6.29 Å². The monoisotopic (exact) mass is 1060 g/mol. The van der Waals surface area contributed by atoms with Crippen molar-refractivity contribution in [2.45, 2.75) is 115 Å². The first-order valence-electron chi connectivity index (χ1n) is 24.9. The molecule has 0 aliphatic carbocycles. The topological polar surface area (TPSA) is 125 Å². The van der Waals surface area contributed by atoms with Crippen LogP contribution >= 0.6 is 0 Å². The second-order valence-corrected chi connectivity index (χ2v) is 16.7. The Bertz CT molecular complexity index is 3290. The molecule has 1 saturated heterocycles. The Morgan fingerprint density at radius 3 is 1.38 bits per heavy atom. The Hall–Kier alpha value is -8.81. The predicted molar refractivity (Wildman–Crippen MR) is 342 cm³/mol. The maximum absolute atomic E-state index is 13.4. The number of hydrogen-bond donors (Lipinski definition) is 3. The maximum Gasteiger partial charge on any atom is 0.297 e. The van der Waals surface area contributed by atoms with Crippen LogP contribution < -0.4 is 5.32 Å². The SMILES string of the molecule is CC#CC#CC#CC#CC#CC#CC#CC#CC#CC#CC#CC(=O)N[C@@H](COC1OC(COCc2ccccc2)C(OCc2ccccc2)C(OCc2ccccc2)C1OCc1ccccc1)[C@H](O)[C@H](O)CCCCC.[HH].[HH].[HH].[HH].[HH].[HH].[HH].[HH].[HH].[HH].[HH].[HH].[HH].[HH].[HH].[HH].[HH].[HH].[HH].[HH].[HH].[HH]. The van der Waals surface area contributed by atoms with Gasteiger partial charge in [0.25, 0.3) is 5.91 Å². The molecule has 8 atom stereocenters. The zero-order chi connectivity index (χ0) is 54.2. The molecule has 4 aromatic rings. The second kappa shape index (κ2) is 37.0. The highest BCUT2D eigenvalue weighted by molar-refractivity contribution is 5.94. The van der Waals surface area contributed by atoms with Crippen molar-refractivity contribution in [2.75, 3.05) is 13.2 Å². The van der Waals surface area contributed by atoms with Gasteiger partial charge in [-0.1, -0.05) is 153 Å². The largest absolute Gasteiger partial charge is 0.390 e. The lowest BCUT2D eigenvalue weighted by Gasteiger charge is -2.46. The summed E-state index contributed by atoms with van der Waals surface area (Å²) in [7, 11) is 0. The number of rotatable bonds is 23. The van der Waals surface area contributed by atoms with Crippen LogP contribution in [0.25, 0.3) is 0 Å². The van der Waals surface area contributed by atoms with E-state index in [2.05, 4.69) is 136 Å². The molecule has 77 heavy (non-hydrogen) atoms. The number of carbonyl (C=O) groups is 1. The normalized spacial score (nSPS) is 16.4. The van der Waals surface area contributed by atoms with Gasteiger partial charge in [0, 0.05) is 61.0 Å². The van der Waals surface area contributed by atoms with Crippen molar-refractivity contribution in [1.29, 1.82) is 0 Å². The van der Waals surface area contributed by atoms with Crippen LogP contribution in [0.1, 0.15) is 93.2 Å². The molecule has 10 heteroatoms. The first-order valence-corrected chi connectivity index (χ1v) is 24.9. The molecule has 1 aliphatic heterocycles. The Morgan fingerprint density at radius 2 is 0.935 bits per heavy atom. The number of aliphatic hydroxyl groups is 2. The molecular formula is C67H101NO9. The van der Waals surface area contributed by atoms with E-state index in [1.54, 1.807) is 6.92 Å². The summed E-state index contributed by atoms with van der Waals surface area (Å²) < 4.78 is 40.1. The molecule has 0 bridgehead atoms. The van der Waals surface area contributed by atoms with Crippen LogP contribution in [-0.4, -0.2) is 78.3 Å². The lowest BCUT2D eigenvalue weighted by atomic mass is 9.97. The lowest BCUT2D eigenvalue weighted by molar-refractivity contribution is -0.329. The molecule has 0 spiro atoms. The molecule has 428 valence electrons. The summed E-state index contributed by atoms with van der Waals surface area (Å²) in [6, 6.07) is 37.9. The Morgan fingerprint density at radius 1 is 0.532 bits per heavy atom. The third-order valence-electron chi connectivity index (χ3n) is 11.0. The van der Waals surface area contributed by atoms with Crippen molar-refractivity contribution >= 4 is 5.91 Å². The van der Waals surface area contributed by atoms with Gasteiger partial charge in [-0.3, -0.25) is 4.79 Å². The van der Waals surface area contributed by atoms with E-state index in [-0.39, 0.29) is 70.8 Å². The van der Waals surface area contributed by atoms with E-state index in [9.17, 15) is 15.0 Å². The van der Waals surface area contributed by atoms with E-state index in [0.29, 0.717) is 13.0 Å². The minimum Gasteiger partial charge on any atom is -0.390 e. The van der Waals surface area contributed by atoms with Crippen LogP contribution in [0.3, 0.4) is 0 Å². The molecule has 4 aromatic carbocycles. The van der Waals surface area contributed by atoms with Gasteiger partial charge in [-0.25, -0.2) is 0 Å². The number of nitrogens with one attached hydrogen (secondary N) is 1. The summed E-state index contributed by atoms with van der Waals surface area (Å²) in [6.07, 6.45) is -4.35. The fraction of sp³-hybridized carbons (Fsp3) is 0.299. The molecule has 1 aliphatic rings. The molecule has 0 radical (unpaired) electrons. The average Bonchev–Trinajstić information content (AvgIpc) is 2.29. The molecule has 0 saturated carbocycles. The van der Waals surface area contributed by atoms with E-state index in [1.165, 1.54) is 0 Å². The number of hydrogen-bond acceptors (Lipinski definition) is 9. The Kier molecular flexibility index (Phi) is 28.4. The highest BCUT2D eigenvalue weighted by atomic mass is 16.7. The smallest absolute Gasteiger partial charge is 0.297 e. The standard InChI is InChI=1S/C67H57NO9.22H2/c1-3-5-7-8-9-10-11-12-13-14-15-16-17-18-19-20-21-22-23-24-38-48-62(70)68-59(63(71)60(69)47-29-6-4-2)53-76-67-66(75-52-58-45-36-28-37-46-58)65(74-51-57-43-34-27-35-44-57)64(73-50-56-41-32-26-33-42-56)61(77-67)54-72-49-55-39-30-25-31-40-55;;;;;;;;;;;;;;;;;;;;;;/h25-28,30-37,39-46,59-61,63-67,69,71H,4,6,29,47,49-54H2,1-2H3,(H,68,70);22*1H/t59-,60+,61?,63-,64?,65?,66?,67?;;;;;;;;;;;;;;;;;;;;;;/m0....................../s1. The van der Waals surface area contributed by atoms with Crippen LogP contribution in [0.4, 0.5) is 0 Å². The summed E-state index contributed by atoms with van der Waals surface area (Å²) in [6.45, 7) is 4.38. The summed E-state index contributed by atoms with van der Waals surface area (Å²) in [5.41, 5.74) is 3.73. The first-order chi connectivity index (χ1) is 37.9. The number of amides is 1. The van der Waals surface area contributed by atoms with Crippen LogP contribution in [0.15, 0.2) is 121 Å². The number of ether oxygens (including phenoxy) is 6. The maximum atomic E-state index is 13.4. The van der Waals surface area contributed by atoms with Gasteiger partial charge >= 0.3 is 0 Å². The van der Waals surface area contributed by atoms with Crippen molar-refractivity contribution in [3.8, 4) is 130 Å². The van der Waals surface area contributed by atoms with Gasteiger partial charge in [-0.15, -0.1) is 0 Å². The van der Waals surface area contributed by atoms with Gasteiger partial charge in [0.2, 0.25) is 0 Å². The minimum absolute atomic E-state index is 0. The number of unbranched alkanes of at least 4 members (excludes halogenated alkanes) is 2. The third-order valence-corrected chi connectivity index (χ3v) is 11.0. The number of aliphatic hydroxyl groups excluding tert-OH is 2. The van der Waals surface area contributed by atoms with Crippen molar-refractivity contribution in [3.05, 3.63) is 144 Å². The molecule has 1 heterocycles. The van der Waals surface area contributed by atoms with Gasteiger partial charge < -0.3 is 44.0 Å². The summed E-state index contributed by atoms with van der Waals surface area (Å²) in [5, 5.41) is 25.6. The quantitative estimate of drug-likeness (QED) is 0.0492. The predicted octanol–water partition coefficient (Wildman–Crippen LogP) is 12.0. The zero-order valence-electron chi connectivity index (χ0n) is 43.0. The Balaban J connectivity index is -0.000000186. The fourth-order valence-corrected chi connectivity index (χ4v) is 7.27. The third kappa shape index (κ3) is 23.9. The van der Waals surface area contributed by atoms with Crippen LogP contribution in [0, 0.1) is 130 Å². The first kappa shape index (κ1) is 59.1. The highest BCUT2D eigenvalue weighted by Crippen LogP contribution is 2.32. The number of benzene rings is 4. The average molecular weight is 1060 g/mol. The highest BCUT2D eigenvalue weighted by Gasteiger charge is 2.49. The van der Waals surface area contributed by atoms with E-state index in [4.69, 9.17) is 28.4 Å². The zero-order valence-corrected chi connectivity index (χ0v) is 43.0. The van der Waals surface area contributed by atoms with Crippen LogP contribution in [-0.2, 0) is 59.6 Å². The van der Waals surface area contributed by atoms with Gasteiger partial charge in [0.1, 0.15) is 30.5 Å². The molecule has 5 rings (SSSR count). The van der Waals surface area contributed by atoms with Crippen molar-refractivity contribution in [3.63, 3.8) is 0 Å². The van der Waals surface area contributed by atoms with Crippen molar-refractivity contribution in [1.82, 2.24) is 5.32 Å². The molecule has 1 amide bonds. The van der Waals surface area contributed by atoms with Gasteiger partial charge in [-0.05, 0) is 130 Å². The van der Waals surface area contributed by atoms with Crippen LogP contribution in [0.2, 0.25) is 0 Å². The molecule has 3 N–H and O–H groups in total. The lowest BCUT2D eigenvalue weighted by Crippen LogP contribution is -2.62. The number of carbonyl (C=O) groups excluding carboxylic acids is 1. The van der Waals surface area contributed by atoms with E-state index < -0.39 is 54.9 Å². The second-order valence-electron chi connectivity index (χ2n) is 16.7. The molecule has 5 unspecified atom stereocenters. The minimum atomic E-state index is -1.46.